The molecule has 1 aliphatic carbocycles. The van der Waals surface area contributed by atoms with Gasteiger partial charge >= 0.3 is 11.7 Å². The van der Waals surface area contributed by atoms with Gasteiger partial charge in [-0.05, 0) is 48.9 Å². The summed E-state index contributed by atoms with van der Waals surface area (Å²) in [4.78, 5) is 28.2. The van der Waals surface area contributed by atoms with E-state index in [1.807, 2.05) is 0 Å². The molecule has 0 spiro atoms. The monoisotopic (exact) mass is 401 g/mol. The van der Waals surface area contributed by atoms with Gasteiger partial charge in [-0.15, -0.1) is 0 Å². The van der Waals surface area contributed by atoms with Gasteiger partial charge in [-0.3, -0.25) is 4.57 Å². The summed E-state index contributed by atoms with van der Waals surface area (Å²) in [5.74, 6) is 1.18. The molecule has 1 aliphatic heterocycles. The van der Waals surface area contributed by atoms with Crippen LogP contribution in [0.1, 0.15) is 23.2 Å². The first-order valence-corrected chi connectivity index (χ1v) is 10.0. The molecule has 0 unspecified atom stereocenters. The molecule has 29 heavy (non-hydrogen) atoms. The molecular weight excluding hydrogens is 374 g/mol. The number of rotatable bonds is 6. The van der Waals surface area contributed by atoms with E-state index in [1.54, 1.807) is 41.2 Å². The molecule has 2 heterocycles. The van der Waals surface area contributed by atoms with Crippen LogP contribution >= 0.6 is 0 Å². The highest BCUT2D eigenvalue weighted by molar-refractivity contribution is 5.89. The third-order valence-corrected chi connectivity index (χ3v) is 6.10. The van der Waals surface area contributed by atoms with Crippen LogP contribution in [0.5, 0.6) is 5.75 Å². The van der Waals surface area contributed by atoms with Crippen molar-refractivity contribution in [1.29, 1.82) is 0 Å². The van der Waals surface area contributed by atoms with Crippen LogP contribution in [0, 0.1) is 11.8 Å². The number of aliphatic hydroxyl groups is 1. The number of aliphatic hydroxyl groups excluding tert-OH is 1. The number of hydrogen-bond donors (Lipinski definition) is 2. The molecule has 1 aromatic carbocycles. The molecular formula is C21H27N3O5. The van der Waals surface area contributed by atoms with Gasteiger partial charge in [-0.1, -0.05) is 0 Å². The normalized spacial score (nSPS) is 26.8. The van der Waals surface area contributed by atoms with Gasteiger partial charge in [-0.2, -0.15) is 0 Å². The maximum atomic E-state index is 11.6. The van der Waals surface area contributed by atoms with Gasteiger partial charge in [0.05, 0.1) is 18.8 Å². The van der Waals surface area contributed by atoms with Crippen molar-refractivity contribution in [2.75, 3.05) is 26.7 Å². The summed E-state index contributed by atoms with van der Waals surface area (Å²) in [5, 5.41) is 10.6. The van der Waals surface area contributed by atoms with Crippen molar-refractivity contribution in [2.24, 2.45) is 11.8 Å². The Morgan fingerprint density at radius 1 is 1.17 bits per heavy atom. The number of benzene rings is 1. The number of methoxy groups -OCH3 is 1. The molecule has 2 aliphatic rings. The molecule has 4 atom stereocenters. The number of aromatic nitrogens is 2. The lowest BCUT2D eigenvalue weighted by Crippen LogP contribution is -2.42. The second-order valence-corrected chi connectivity index (χ2v) is 7.95. The minimum absolute atomic E-state index is 0.0799. The van der Waals surface area contributed by atoms with E-state index in [4.69, 9.17) is 9.47 Å². The van der Waals surface area contributed by atoms with Crippen LogP contribution in [0.2, 0.25) is 0 Å². The number of carbonyl (C=O) groups is 1. The Morgan fingerprint density at radius 3 is 2.55 bits per heavy atom. The molecule has 2 aromatic rings. The highest BCUT2D eigenvalue weighted by Crippen LogP contribution is 2.38. The summed E-state index contributed by atoms with van der Waals surface area (Å²) < 4.78 is 12.4. The average molecular weight is 401 g/mol. The number of aromatic amines is 1. The van der Waals surface area contributed by atoms with Crippen LogP contribution in [0.15, 0.2) is 41.5 Å². The number of imidazole rings is 1. The van der Waals surface area contributed by atoms with Crippen molar-refractivity contribution in [3.05, 3.63) is 52.7 Å². The highest BCUT2D eigenvalue weighted by atomic mass is 16.5. The molecule has 2 N–H and O–H groups in total. The molecule has 0 amide bonds. The van der Waals surface area contributed by atoms with Crippen molar-refractivity contribution in [1.82, 2.24) is 14.5 Å². The first-order valence-electron chi connectivity index (χ1n) is 10.0. The van der Waals surface area contributed by atoms with E-state index >= 15 is 0 Å². The van der Waals surface area contributed by atoms with Gasteiger partial charge in [0, 0.05) is 38.6 Å². The predicted molar refractivity (Wildman–Crippen MR) is 106 cm³/mol. The third kappa shape index (κ3) is 4.38. The van der Waals surface area contributed by atoms with Gasteiger partial charge in [0.2, 0.25) is 0 Å². The van der Waals surface area contributed by atoms with E-state index < -0.39 is 6.10 Å². The van der Waals surface area contributed by atoms with E-state index in [0.717, 1.165) is 32.5 Å². The van der Waals surface area contributed by atoms with Crippen molar-refractivity contribution in [3.63, 3.8) is 0 Å². The van der Waals surface area contributed by atoms with Crippen molar-refractivity contribution < 1.29 is 19.4 Å². The maximum Gasteiger partial charge on any atom is 0.337 e. The number of esters is 1. The van der Waals surface area contributed by atoms with E-state index in [1.165, 1.54) is 7.11 Å². The number of fused-ring (bicyclic) bond motifs is 1. The second-order valence-electron chi connectivity index (χ2n) is 7.95. The largest absolute Gasteiger partial charge is 0.488 e. The second kappa shape index (κ2) is 8.42. The summed E-state index contributed by atoms with van der Waals surface area (Å²) in [7, 11) is 1.35. The lowest BCUT2D eigenvalue weighted by molar-refractivity contribution is -0.0231. The highest BCUT2D eigenvalue weighted by Gasteiger charge is 2.42. The quantitative estimate of drug-likeness (QED) is 0.704. The average Bonchev–Trinajstić information content (AvgIpc) is 3.31. The number of likely N-dealkylation sites (tertiary alicyclic amines) is 1. The lowest BCUT2D eigenvalue weighted by Gasteiger charge is -2.35. The summed E-state index contributed by atoms with van der Waals surface area (Å²) in [5.41, 5.74) is 0.390. The first kappa shape index (κ1) is 19.7. The predicted octanol–water partition coefficient (Wildman–Crippen LogP) is 1.11. The summed E-state index contributed by atoms with van der Waals surface area (Å²) in [6.45, 7) is 3.39. The minimum atomic E-state index is -0.510. The summed E-state index contributed by atoms with van der Waals surface area (Å²) in [6.07, 6.45) is 4.17. The molecule has 0 radical (unpaired) electrons. The number of nitrogens with zero attached hydrogens (tertiary/aromatic N) is 2. The first-order chi connectivity index (χ1) is 14.0. The zero-order chi connectivity index (χ0) is 20.4. The van der Waals surface area contributed by atoms with Gasteiger partial charge in [0.25, 0.3) is 0 Å². The number of ether oxygens (including phenoxy) is 2. The van der Waals surface area contributed by atoms with E-state index in [9.17, 15) is 14.7 Å². The van der Waals surface area contributed by atoms with Crippen LogP contribution in [-0.2, 0) is 11.3 Å². The molecule has 8 nitrogen and oxygen atoms in total. The molecule has 2 fully saturated rings. The molecule has 156 valence electrons. The van der Waals surface area contributed by atoms with Crippen molar-refractivity contribution in [3.8, 4) is 5.75 Å². The Labute approximate surface area is 169 Å². The Hall–Kier alpha value is -2.58. The van der Waals surface area contributed by atoms with E-state index in [0.29, 0.717) is 29.7 Å². The van der Waals surface area contributed by atoms with E-state index in [-0.39, 0.29) is 17.8 Å². The summed E-state index contributed by atoms with van der Waals surface area (Å²) >= 11 is 0. The molecule has 1 saturated heterocycles. The van der Waals surface area contributed by atoms with Gasteiger partial charge in [0.15, 0.2) is 0 Å². The molecule has 0 bridgehead atoms. The molecule has 1 aromatic heterocycles. The maximum absolute atomic E-state index is 11.6. The standard InChI is InChI=1S/C21H27N3O5/c1-28-20(26)14-2-4-17(5-3-14)29-19-11-16-13-23(12-15(16)10-18(19)25)8-9-24-7-6-22-21(24)27/h2-7,15-16,18-19,25H,8-13H2,1H3,(H,22,27)/t15-,16+,18-,19-/m0/s1. The Bertz CT molecular complexity index is 890. The van der Waals surface area contributed by atoms with Crippen molar-refractivity contribution in [2.45, 2.75) is 31.6 Å². The van der Waals surface area contributed by atoms with Crippen LogP contribution < -0.4 is 10.4 Å². The molecule has 8 heteroatoms. The fourth-order valence-electron chi connectivity index (χ4n) is 4.53. The van der Waals surface area contributed by atoms with Crippen LogP contribution in [0.4, 0.5) is 0 Å². The van der Waals surface area contributed by atoms with Gasteiger partial charge in [0.1, 0.15) is 11.9 Å². The van der Waals surface area contributed by atoms with Crippen LogP contribution in [0.25, 0.3) is 0 Å². The zero-order valence-electron chi connectivity index (χ0n) is 16.5. The Morgan fingerprint density at radius 2 is 1.90 bits per heavy atom. The Balaban J connectivity index is 1.32. The van der Waals surface area contributed by atoms with Gasteiger partial charge in [-0.25, -0.2) is 9.59 Å². The Kier molecular flexibility index (Phi) is 5.73. The lowest BCUT2D eigenvalue weighted by atomic mass is 9.78. The van der Waals surface area contributed by atoms with Crippen LogP contribution in [-0.4, -0.2) is 64.5 Å². The topological polar surface area (TPSA) is 96.8 Å². The molecule has 4 rings (SSSR count). The number of hydrogen-bond acceptors (Lipinski definition) is 6. The number of carbonyl (C=O) groups excluding carboxylic acids is 1. The molecule has 1 saturated carbocycles. The van der Waals surface area contributed by atoms with Crippen LogP contribution in [0.3, 0.4) is 0 Å². The smallest absolute Gasteiger partial charge is 0.337 e. The minimum Gasteiger partial charge on any atom is -0.488 e. The fraction of sp³-hybridized carbons (Fsp3) is 0.524. The van der Waals surface area contributed by atoms with E-state index in [2.05, 4.69) is 9.88 Å². The number of H-pyrrole nitrogens is 1. The zero-order valence-corrected chi connectivity index (χ0v) is 16.5. The summed E-state index contributed by atoms with van der Waals surface area (Å²) in [6, 6.07) is 6.81. The third-order valence-electron chi connectivity index (χ3n) is 6.10. The van der Waals surface area contributed by atoms with Crippen molar-refractivity contribution >= 4 is 5.97 Å². The fourth-order valence-corrected chi connectivity index (χ4v) is 4.53. The SMILES string of the molecule is COC(=O)c1ccc(O[C@H]2C[C@@H]3CN(CCn4cc[nH]c4=O)C[C@@H]3C[C@@H]2O)cc1. The van der Waals surface area contributed by atoms with Gasteiger partial charge < -0.3 is 24.5 Å². The number of nitrogens with one attached hydrogen (secondary N) is 1.